The van der Waals surface area contributed by atoms with Gasteiger partial charge in [-0.15, -0.1) is 0 Å². The molecule has 0 aliphatic heterocycles. The quantitative estimate of drug-likeness (QED) is 0.828. The summed E-state index contributed by atoms with van der Waals surface area (Å²) in [5.74, 6) is 0. The second kappa shape index (κ2) is 9.37. The molecule has 0 fully saturated rings. The van der Waals surface area contributed by atoms with E-state index in [1.807, 2.05) is 20.9 Å². The molecule has 0 saturated heterocycles. The third-order valence-corrected chi connectivity index (χ3v) is 2.37. The van der Waals surface area contributed by atoms with E-state index in [4.69, 9.17) is 4.74 Å². The minimum Gasteiger partial charge on any atom is -0.380 e. The Bertz CT molecular complexity index is 256. The van der Waals surface area contributed by atoms with E-state index in [9.17, 15) is 0 Å². The Morgan fingerprint density at radius 3 is 2.06 bits per heavy atom. The van der Waals surface area contributed by atoms with Crippen molar-refractivity contribution in [3.63, 3.8) is 0 Å². The second-order valence-corrected chi connectivity index (χ2v) is 3.64. The van der Waals surface area contributed by atoms with E-state index in [0.29, 0.717) is 12.6 Å². The molecule has 0 aliphatic rings. The SMILES string of the molecule is CC.CNC(C)Cc1ccc(COC)cc1. The fourth-order valence-electron chi connectivity index (χ4n) is 1.39. The summed E-state index contributed by atoms with van der Waals surface area (Å²) in [4.78, 5) is 0. The minimum atomic E-state index is 0.531. The van der Waals surface area contributed by atoms with Gasteiger partial charge in [0, 0.05) is 13.2 Å². The van der Waals surface area contributed by atoms with Crippen LogP contribution in [-0.4, -0.2) is 20.2 Å². The summed E-state index contributed by atoms with van der Waals surface area (Å²) in [6.45, 7) is 6.88. The first-order chi connectivity index (χ1) is 7.76. The van der Waals surface area contributed by atoms with E-state index in [-0.39, 0.29) is 0 Å². The third-order valence-electron chi connectivity index (χ3n) is 2.37. The summed E-state index contributed by atoms with van der Waals surface area (Å²) in [5, 5.41) is 3.23. The third kappa shape index (κ3) is 5.89. The summed E-state index contributed by atoms with van der Waals surface area (Å²) < 4.78 is 5.06. The smallest absolute Gasteiger partial charge is 0.0713 e. The van der Waals surface area contributed by atoms with E-state index >= 15 is 0 Å². The van der Waals surface area contributed by atoms with Crippen LogP contribution in [0, 0.1) is 0 Å². The predicted octanol–water partition coefficient (Wildman–Crippen LogP) is 3.01. The minimum absolute atomic E-state index is 0.531. The largest absolute Gasteiger partial charge is 0.380 e. The topological polar surface area (TPSA) is 21.3 Å². The highest BCUT2D eigenvalue weighted by atomic mass is 16.5. The standard InChI is InChI=1S/C12H19NO.C2H6/c1-10(13-2)8-11-4-6-12(7-5-11)9-14-3;1-2/h4-7,10,13H,8-9H2,1-3H3;1-2H3. The fourth-order valence-corrected chi connectivity index (χ4v) is 1.39. The van der Waals surface area contributed by atoms with Crippen molar-refractivity contribution < 1.29 is 4.74 Å². The molecule has 0 radical (unpaired) electrons. The molecule has 1 aromatic rings. The van der Waals surface area contributed by atoms with Crippen LogP contribution in [0.4, 0.5) is 0 Å². The van der Waals surface area contributed by atoms with Gasteiger partial charge in [0.25, 0.3) is 0 Å². The summed E-state index contributed by atoms with van der Waals surface area (Å²) >= 11 is 0. The van der Waals surface area contributed by atoms with Crippen molar-refractivity contribution in [3.8, 4) is 0 Å². The van der Waals surface area contributed by atoms with Crippen molar-refractivity contribution in [2.75, 3.05) is 14.2 Å². The number of hydrogen-bond donors (Lipinski definition) is 1. The van der Waals surface area contributed by atoms with Crippen LogP contribution in [0.3, 0.4) is 0 Å². The lowest BCUT2D eigenvalue weighted by molar-refractivity contribution is 0.185. The predicted molar refractivity (Wildman–Crippen MR) is 70.7 cm³/mol. The molecule has 92 valence electrons. The molecule has 1 atom stereocenters. The average Bonchev–Trinajstić information content (AvgIpc) is 2.34. The molecule has 0 aromatic heterocycles. The van der Waals surface area contributed by atoms with Crippen molar-refractivity contribution in [2.24, 2.45) is 0 Å². The van der Waals surface area contributed by atoms with Crippen LogP contribution in [-0.2, 0) is 17.8 Å². The first-order valence-electron chi connectivity index (χ1n) is 6.00. The van der Waals surface area contributed by atoms with Gasteiger partial charge in [0.2, 0.25) is 0 Å². The van der Waals surface area contributed by atoms with Gasteiger partial charge in [-0.3, -0.25) is 0 Å². The zero-order valence-electron chi connectivity index (χ0n) is 11.2. The Morgan fingerprint density at radius 1 is 1.12 bits per heavy atom. The van der Waals surface area contributed by atoms with Crippen molar-refractivity contribution in [1.29, 1.82) is 0 Å². The highest BCUT2D eigenvalue weighted by Gasteiger charge is 2.00. The van der Waals surface area contributed by atoms with Crippen LogP contribution in [0.1, 0.15) is 31.9 Å². The lowest BCUT2D eigenvalue weighted by Crippen LogP contribution is -2.23. The number of nitrogens with one attached hydrogen (secondary N) is 1. The summed E-state index contributed by atoms with van der Waals surface area (Å²) in [5.41, 5.74) is 2.60. The maximum atomic E-state index is 5.06. The average molecular weight is 223 g/mol. The molecule has 0 saturated carbocycles. The monoisotopic (exact) mass is 223 g/mol. The van der Waals surface area contributed by atoms with Crippen molar-refractivity contribution in [3.05, 3.63) is 35.4 Å². The number of likely N-dealkylation sites (N-methyl/N-ethyl adjacent to an activating group) is 1. The van der Waals surface area contributed by atoms with Crippen LogP contribution >= 0.6 is 0 Å². The van der Waals surface area contributed by atoms with Gasteiger partial charge in [-0.2, -0.15) is 0 Å². The number of methoxy groups -OCH3 is 1. The summed E-state index contributed by atoms with van der Waals surface area (Å²) in [7, 11) is 3.71. The van der Waals surface area contributed by atoms with E-state index < -0.39 is 0 Å². The van der Waals surface area contributed by atoms with Crippen molar-refractivity contribution in [1.82, 2.24) is 5.32 Å². The Kier molecular flexibility index (Phi) is 8.87. The molecule has 1 rings (SSSR count). The number of ether oxygens (including phenoxy) is 1. The van der Waals surface area contributed by atoms with Crippen molar-refractivity contribution in [2.45, 2.75) is 39.8 Å². The maximum absolute atomic E-state index is 5.06. The molecule has 0 heterocycles. The highest BCUT2D eigenvalue weighted by molar-refractivity contribution is 5.22. The lowest BCUT2D eigenvalue weighted by atomic mass is 10.1. The Morgan fingerprint density at radius 2 is 1.62 bits per heavy atom. The van der Waals surface area contributed by atoms with Gasteiger partial charge in [0.15, 0.2) is 0 Å². The van der Waals surface area contributed by atoms with Gasteiger partial charge in [-0.1, -0.05) is 38.1 Å². The second-order valence-electron chi connectivity index (χ2n) is 3.64. The van der Waals surface area contributed by atoms with Crippen LogP contribution in [0.25, 0.3) is 0 Å². The molecule has 0 amide bonds. The van der Waals surface area contributed by atoms with E-state index in [2.05, 4.69) is 36.5 Å². The Hall–Kier alpha value is -0.860. The zero-order chi connectivity index (χ0) is 12.4. The molecule has 1 N–H and O–H groups in total. The van der Waals surface area contributed by atoms with Crippen LogP contribution < -0.4 is 5.32 Å². The molecule has 2 nitrogen and oxygen atoms in total. The van der Waals surface area contributed by atoms with Crippen LogP contribution in [0.15, 0.2) is 24.3 Å². The van der Waals surface area contributed by atoms with Gasteiger partial charge in [-0.25, -0.2) is 0 Å². The lowest BCUT2D eigenvalue weighted by Gasteiger charge is -2.10. The first-order valence-corrected chi connectivity index (χ1v) is 6.00. The number of rotatable bonds is 5. The molecule has 0 aliphatic carbocycles. The molecule has 2 heteroatoms. The van der Waals surface area contributed by atoms with Gasteiger partial charge in [0.05, 0.1) is 6.61 Å². The van der Waals surface area contributed by atoms with Gasteiger partial charge in [-0.05, 0) is 31.5 Å². The van der Waals surface area contributed by atoms with Gasteiger partial charge >= 0.3 is 0 Å². The highest BCUT2D eigenvalue weighted by Crippen LogP contribution is 2.07. The molecular formula is C14H25NO. The van der Waals surface area contributed by atoms with Gasteiger partial charge in [0.1, 0.15) is 0 Å². The first kappa shape index (κ1) is 15.1. The Balaban J connectivity index is 0.00000106. The molecular weight excluding hydrogens is 198 g/mol. The number of benzene rings is 1. The number of hydrogen-bond acceptors (Lipinski definition) is 2. The molecule has 0 bridgehead atoms. The molecule has 1 unspecified atom stereocenters. The van der Waals surface area contributed by atoms with E-state index in [1.165, 1.54) is 11.1 Å². The molecule has 0 spiro atoms. The van der Waals surface area contributed by atoms with Crippen LogP contribution in [0.2, 0.25) is 0 Å². The van der Waals surface area contributed by atoms with Crippen LogP contribution in [0.5, 0.6) is 0 Å². The fraction of sp³-hybridized carbons (Fsp3) is 0.571. The molecule has 16 heavy (non-hydrogen) atoms. The zero-order valence-corrected chi connectivity index (χ0v) is 11.2. The Labute approximate surface area is 100 Å². The summed E-state index contributed by atoms with van der Waals surface area (Å²) in [6.07, 6.45) is 1.07. The maximum Gasteiger partial charge on any atom is 0.0713 e. The molecule has 1 aromatic carbocycles. The normalized spacial score (nSPS) is 11.6. The van der Waals surface area contributed by atoms with E-state index in [1.54, 1.807) is 7.11 Å². The van der Waals surface area contributed by atoms with Gasteiger partial charge < -0.3 is 10.1 Å². The van der Waals surface area contributed by atoms with E-state index in [0.717, 1.165) is 6.42 Å². The van der Waals surface area contributed by atoms with Crippen molar-refractivity contribution >= 4 is 0 Å². The summed E-state index contributed by atoms with van der Waals surface area (Å²) in [6, 6.07) is 9.12.